The molecule has 7 nitrogen and oxygen atoms in total. The summed E-state index contributed by atoms with van der Waals surface area (Å²) in [5.74, 6) is -0.595. The molecule has 0 saturated heterocycles. The number of benzene rings is 1. The number of carbonyl (C=O) groups excluding carboxylic acids is 1. The van der Waals surface area contributed by atoms with Gasteiger partial charge in [0, 0.05) is 24.6 Å². The smallest absolute Gasteiger partial charge is 0.282 e. The molecule has 0 fully saturated rings. The molecule has 1 rings (SSSR count). The van der Waals surface area contributed by atoms with Crippen molar-refractivity contribution in [2.45, 2.75) is 11.0 Å². The van der Waals surface area contributed by atoms with Crippen LogP contribution < -0.4 is 5.32 Å². The molecule has 0 heterocycles. The number of amides is 1. The Morgan fingerprint density at radius 2 is 2.30 bits per heavy atom. The van der Waals surface area contributed by atoms with Gasteiger partial charge in [-0.1, -0.05) is 0 Å². The summed E-state index contributed by atoms with van der Waals surface area (Å²) < 4.78 is 4.73. The van der Waals surface area contributed by atoms with Crippen molar-refractivity contribution in [1.29, 1.82) is 0 Å². The fourth-order valence-corrected chi connectivity index (χ4v) is 1.98. The van der Waals surface area contributed by atoms with Crippen LogP contribution in [0.2, 0.25) is 0 Å². The van der Waals surface area contributed by atoms with Gasteiger partial charge in [0.1, 0.15) is 5.56 Å². The molecule has 8 heteroatoms. The lowest BCUT2D eigenvalue weighted by Crippen LogP contribution is -2.34. The third-order valence-corrected chi connectivity index (χ3v) is 3.23. The van der Waals surface area contributed by atoms with E-state index in [2.05, 4.69) is 5.32 Å². The highest BCUT2D eigenvalue weighted by Crippen LogP contribution is 2.24. The Morgan fingerprint density at radius 3 is 2.85 bits per heavy atom. The van der Waals surface area contributed by atoms with Gasteiger partial charge in [0.2, 0.25) is 0 Å². The Kier molecular flexibility index (Phi) is 6.43. The molecule has 1 amide bonds. The largest absolute Gasteiger partial charge is 0.389 e. The van der Waals surface area contributed by atoms with Crippen LogP contribution in [-0.2, 0) is 4.74 Å². The van der Waals surface area contributed by atoms with E-state index in [1.165, 1.54) is 31.0 Å². The van der Waals surface area contributed by atoms with E-state index in [0.29, 0.717) is 0 Å². The van der Waals surface area contributed by atoms with Crippen molar-refractivity contribution in [3.05, 3.63) is 33.9 Å². The second-order valence-corrected chi connectivity index (χ2v) is 4.84. The summed E-state index contributed by atoms with van der Waals surface area (Å²) in [4.78, 5) is 23.0. The Labute approximate surface area is 120 Å². The van der Waals surface area contributed by atoms with E-state index in [1.807, 2.05) is 6.26 Å². The molecule has 0 aromatic heterocycles. The molecule has 20 heavy (non-hydrogen) atoms. The lowest BCUT2D eigenvalue weighted by Gasteiger charge is -2.11. The number of nitrogens with zero attached hydrogens (tertiary/aromatic N) is 1. The molecule has 0 bridgehead atoms. The molecule has 1 aromatic rings. The first kappa shape index (κ1) is 16.4. The highest BCUT2D eigenvalue weighted by atomic mass is 32.2. The van der Waals surface area contributed by atoms with E-state index in [0.717, 1.165) is 4.90 Å². The minimum absolute atomic E-state index is 0.0218. The Hall–Kier alpha value is -1.64. The second kappa shape index (κ2) is 7.83. The van der Waals surface area contributed by atoms with E-state index in [9.17, 15) is 20.0 Å². The van der Waals surface area contributed by atoms with E-state index < -0.39 is 16.9 Å². The lowest BCUT2D eigenvalue weighted by atomic mass is 10.1. The van der Waals surface area contributed by atoms with Gasteiger partial charge in [-0.25, -0.2) is 0 Å². The van der Waals surface area contributed by atoms with Gasteiger partial charge in [-0.05, 0) is 18.4 Å². The van der Waals surface area contributed by atoms with E-state index >= 15 is 0 Å². The molecule has 0 aliphatic heterocycles. The first-order valence-electron chi connectivity index (χ1n) is 5.77. The number of methoxy groups -OCH3 is 1. The van der Waals surface area contributed by atoms with Gasteiger partial charge >= 0.3 is 0 Å². The van der Waals surface area contributed by atoms with Crippen LogP contribution in [0.15, 0.2) is 23.1 Å². The Bertz CT molecular complexity index is 495. The average molecular weight is 300 g/mol. The zero-order chi connectivity index (χ0) is 15.1. The van der Waals surface area contributed by atoms with Crippen molar-refractivity contribution in [3.63, 3.8) is 0 Å². The van der Waals surface area contributed by atoms with E-state index in [-0.39, 0.29) is 24.4 Å². The van der Waals surface area contributed by atoms with Crippen LogP contribution in [-0.4, -0.2) is 48.6 Å². The fraction of sp³-hybridized carbons (Fsp3) is 0.417. The Morgan fingerprint density at radius 1 is 1.60 bits per heavy atom. The summed E-state index contributed by atoms with van der Waals surface area (Å²) in [6.45, 7) is 0.0422. The fourth-order valence-electron chi connectivity index (χ4n) is 1.54. The molecular weight excluding hydrogens is 284 g/mol. The summed E-state index contributed by atoms with van der Waals surface area (Å²) >= 11 is 1.38. The van der Waals surface area contributed by atoms with Gasteiger partial charge in [0.05, 0.1) is 17.6 Å². The molecule has 0 aliphatic rings. The standard InChI is InChI=1S/C12H16N2O5S/c1-19-7-8(15)6-13-12(16)10-5-9(20-2)3-4-11(10)14(17)18/h3-5,8,15H,6-7H2,1-2H3,(H,13,16). The highest BCUT2D eigenvalue weighted by molar-refractivity contribution is 7.98. The SMILES string of the molecule is COCC(O)CNC(=O)c1cc(SC)ccc1[N+](=O)[O-]. The molecular formula is C12H16N2O5S. The normalized spacial score (nSPS) is 11.9. The third kappa shape index (κ3) is 4.48. The lowest BCUT2D eigenvalue weighted by molar-refractivity contribution is -0.385. The number of aliphatic hydroxyl groups is 1. The van der Waals surface area contributed by atoms with Crippen LogP contribution >= 0.6 is 11.8 Å². The van der Waals surface area contributed by atoms with Crippen LogP contribution in [0.1, 0.15) is 10.4 Å². The van der Waals surface area contributed by atoms with Crippen molar-refractivity contribution in [2.24, 2.45) is 0 Å². The number of hydrogen-bond acceptors (Lipinski definition) is 6. The van der Waals surface area contributed by atoms with Crippen molar-refractivity contribution in [3.8, 4) is 0 Å². The van der Waals surface area contributed by atoms with E-state index in [4.69, 9.17) is 4.74 Å². The summed E-state index contributed by atoms with van der Waals surface area (Å²) in [6, 6.07) is 4.34. The van der Waals surface area contributed by atoms with Gasteiger partial charge in [-0.3, -0.25) is 14.9 Å². The molecule has 0 radical (unpaired) electrons. The first-order chi connectivity index (χ1) is 9.49. The van der Waals surface area contributed by atoms with Crippen LogP contribution in [0.25, 0.3) is 0 Å². The zero-order valence-corrected chi connectivity index (χ0v) is 12.0. The predicted octanol–water partition coefficient (Wildman–Crippen LogP) is 1.05. The van der Waals surface area contributed by atoms with Crippen LogP contribution in [0.3, 0.4) is 0 Å². The number of nitro benzene ring substituents is 1. The van der Waals surface area contributed by atoms with Crippen molar-refractivity contribution < 1.29 is 19.6 Å². The number of aliphatic hydroxyl groups excluding tert-OH is 1. The van der Waals surface area contributed by atoms with Crippen molar-refractivity contribution >= 4 is 23.4 Å². The average Bonchev–Trinajstić information content (AvgIpc) is 2.44. The number of ether oxygens (including phenoxy) is 1. The zero-order valence-electron chi connectivity index (χ0n) is 11.2. The number of nitrogens with one attached hydrogen (secondary N) is 1. The van der Waals surface area contributed by atoms with Crippen molar-refractivity contribution in [1.82, 2.24) is 5.32 Å². The minimum Gasteiger partial charge on any atom is -0.389 e. The van der Waals surface area contributed by atoms with Crippen LogP contribution in [0, 0.1) is 10.1 Å². The summed E-state index contributed by atoms with van der Waals surface area (Å²) in [5.41, 5.74) is -0.284. The summed E-state index contributed by atoms with van der Waals surface area (Å²) in [7, 11) is 1.43. The number of hydrogen-bond donors (Lipinski definition) is 2. The quantitative estimate of drug-likeness (QED) is 0.443. The maximum absolute atomic E-state index is 12.0. The van der Waals surface area contributed by atoms with Gasteiger partial charge in [0.25, 0.3) is 11.6 Å². The van der Waals surface area contributed by atoms with Crippen LogP contribution in [0.4, 0.5) is 5.69 Å². The van der Waals surface area contributed by atoms with Gasteiger partial charge in [-0.2, -0.15) is 0 Å². The molecule has 0 spiro atoms. The number of nitro groups is 1. The predicted molar refractivity (Wildman–Crippen MR) is 75.1 cm³/mol. The minimum atomic E-state index is -0.855. The molecule has 1 atom stereocenters. The molecule has 0 aliphatic carbocycles. The summed E-state index contributed by atoms with van der Waals surface area (Å²) in [5, 5.41) is 22.8. The maximum Gasteiger partial charge on any atom is 0.282 e. The van der Waals surface area contributed by atoms with Gasteiger partial charge < -0.3 is 15.2 Å². The van der Waals surface area contributed by atoms with E-state index in [1.54, 1.807) is 6.07 Å². The highest BCUT2D eigenvalue weighted by Gasteiger charge is 2.21. The van der Waals surface area contributed by atoms with Gasteiger partial charge in [-0.15, -0.1) is 11.8 Å². The molecule has 0 saturated carbocycles. The molecule has 1 aromatic carbocycles. The monoisotopic (exact) mass is 300 g/mol. The number of thioether (sulfide) groups is 1. The molecule has 1 unspecified atom stereocenters. The number of carbonyl (C=O) groups is 1. The third-order valence-electron chi connectivity index (χ3n) is 2.50. The van der Waals surface area contributed by atoms with Crippen LogP contribution in [0.5, 0.6) is 0 Å². The maximum atomic E-state index is 12.0. The Balaban J connectivity index is 2.87. The first-order valence-corrected chi connectivity index (χ1v) is 6.99. The topological polar surface area (TPSA) is 102 Å². The molecule has 2 N–H and O–H groups in total. The molecule has 110 valence electrons. The second-order valence-electron chi connectivity index (χ2n) is 3.96. The van der Waals surface area contributed by atoms with Crippen molar-refractivity contribution in [2.75, 3.05) is 26.5 Å². The number of rotatable bonds is 7. The van der Waals surface area contributed by atoms with Gasteiger partial charge in [0.15, 0.2) is 0 Å². The summed E-state index contributed by atoms with van der Waals surface area (Å²) in [6.07, 6.45) is 0.956.